The monoisotopic (exact) mass is 393 g/mol. The van der Waals surface area contributed by atoms with Crippen molar-refractivity contribution in [1.29, 1.82) is 0 Å². The molecule has 0 saturated heterocycles. The van der Waals surface area contributed by atoms with Crippen LogP contribution in [0.4, 0.5) is 0 Å². The van der Waals surface area contributed by atoms with Crippen molar-refractivity contribution in [2.75, 3.05) is 14.2 Å². The molecule has 1 aromatic heterocycles. The Kier molecular flexibility index (Phi) is 7.06. The number of aryl methyl sites for hydroxylation is 1. The van der Waals surface area contributed by atoms with Gasteiger partial charge in [-0.1, -0.05) is 6.42 Å². The van der Waals surface area contributed by atoms with E-state index >= 15 is 0 Å². The van der Waals surface area contributed by atoms with E-state index in [1.807, 2.05) is 48.5 Å². The van der Waals surface area contributed by atoms with Gasteiger partial charge in [0.2, 0.25) is 0 Å². The fourth-order valence-corrected chi connectivity index (χ4v) is 3.18. The van der Waals surface area contributed by atoms with E-state index in [0.717, 1.165) is 59.8 Å². The molecule has 5 nitrogen and oxygen atoms in total. The molecule has 0 radical (unpaired) electrons. The molecule has 0 spiro atoms. The summed E-state index contributed by atoms with van der Waals surface area (Å²) < 4.78 is 16.7. The third kappa shape index (κ3) is 5.47. The van der Waals surface area contributed by atoms with Gasteiger partial charge >= 0.3 is 0 Å². The summed E-state index contributed by atoms with van der Waals surface area (Å²) in [5.74, 6) is 3.30. The van der Waals surface area contributed by atoms with Crippen LogP contribution in [0, 0.1) is 0 Å². The summed E-state index contributed by atoms with van der Waals surface area (Å²) in [6, 6.07) is 15.6. The fraction of sp³-hybridized carbons (Fsp3) is 0.333. The van der Waals surface area contributed by atoms with Crippen molar-refractivity contribution in [3.05, 3.63) is 54.4 Å². The second-order valence-electron chi connectivity index (χ2n) is 7.01. The average Bonchev–Trinajstić information content (AvgIpc) is 3.17. The van der Waals surface area contributed by atoms with Gasteiger partial charge in [0.05, 0.1) is 14.2 Å². The van der Waals surface area contributed by atoms with E-state index in [9.17, 15) is 4.79 Å². The van der Waals surface area contributed by atoms with Crippen molar-refractivity contribution < 1.29 is 18.7 Å². The van der Waals surface area contributed by atoms with Crippen LogP contribution >= 0.6 is 0 Å². The number of hydrogen-bond donors (Lipinski definition) is 0. The predicted molar refractivity (Wildman–Crippen MR) is 113 cm³/mol. The minimum absolute atomic E-state index is 0.240. The lowest BCUT2D eigenvalue weighted by atomic mass is 10.1. The van der Waals surface area contributed by atoms with E-state index in [0.29, 0.717) is 12.3 Å². The zero-order chi connectivity index (χ0) is 20.6. The molecule has 0 aliphatic rings. The highest BCUT2D eigenvalue weighted by Crippen LogP contribution is 2.34. The molecule has 5 heteroatoms. The number of carbonyl (C=O) groups excluding carboxylic acids is 1. The largest absolute Gasteiger partial charge is 0.497 e. The summed E-state index contributed by atoms with van der Waals surface area (Å²) in [4.78, 5) is 15.9. The number of ether oxygens (including phenoxy) is 2. The number of ketones is 1. The second-order valence-corrected chi connectivity index (χ2v) is 7.01. The molecule has 0 fully saturated rings. The molecular weight excluding hydrogens is 366 g/mol. The van der Waals surface area contributed by atoms with Gasteiger partial charge < -0.3 is 18.7 Å². The van der Waals surface area contributed by atoms with Gasteiger partial charge in [0.25, 0.3) is 0 Å². The third-order valence-electron chi connectivity index (χ3n) is 4.81. The second kappa shape index (κ2) is 9.92. The zero-order valence-electron chi connectivity index (χ0n) is 17.2. The Bertz CT molecular complexity index is 862. The maximum Gasteiger partial charge on any atom is 0.195 e. The van der Waals surface area contributed by atoms with Crippen LogP contribution in [0.5, 0.6) is 11.5 Å². The van der Waals surface area contributed by atoms with Gasteiger partial charge in [-0.3, -0.25) is 0 Å². The van der Waals surface area contributed by atoms with Crippen LogP contribution in [-0.2, 0) is 11.2 Å². The third-order valence-corrected chi connectivity index (χ3v) is 4.81. The molecule has 0 amide bonds. The quantitative estimate of drug-likeness (QED) is 0.412. The zero-order valence-corrected chi connectivity index (χ0v) is 17.2. The van der Waals surface area contributed by atoms with Crippen LogP contribution in [0.3, 0.4) is 0 Å². The number of benzene rings is 2. The maximum atomic E-state index is 11.1. The molecular formula is C24H27NO4. The van der Waals surface area contributed by atoms with Crippen molar-refractivity contribution >= 4 is 5.78 Å². The van der Waals surface area contributed by atoms with Crippen molar-refractivity contribution in [3.63, 3.8) is 0 Å². The molecule has 3 rings (SSSR count). The molecule has 0 aliphatic carbocycles. The molecule has 152 valence electrons. The summed E-state index contributed by atoms with van der Waals surface area (Å²) in [6.07, 6.45) is 4.22. The lowest BCUT2D eigenvalue weighted by molar-refractivity contribution is -0.117. The van der Waals surface area contributed by atoms with Crippen LogP contribution in [-0.4, -0.2) is 25.0 Å². The molecule has 3 aromatic rings. The molecule has 0 N–H and O–H groups in total. The van der Waals surface area contributed by atoms with E-state index in [1.165, 1.54) is 0 Å². The number of unbranched alkanes of at least 4 members (excludes halogenated alkanes) is 2. The molecule has 0 aliphatic heterocycles. The Hall–Kier alpha value is -3.08. The standard InChI is InChI=1S/C24H27NO4/c1-17(26)7-5-4-6-8-22-25-23(18-9-13-20(27-2)14-10-18)24(29-22)19-11-15-21(28-3)16-12-19/h9-16H,4-8H2,1-3H3. The molecule has 1 heterocycles. The average molecular weight is 393 g/mol. The van der Waals surface area contributed by atoms with Crippen molar-refractivity contribution in [2.24, 2.45) is 0 Å². The molecule has 0 saturated carbocycles. The van der Waals surface area contributed by atoms with Crippen molar-refractivity contribution in [3.8, 4) is 34.1 Å². The van der Waals surface area contributed by atoms with E-state index in [1.54, 1.807) is 21.1 Å². The highest BCUT2D eigenvalue weighted by atomic mass is 16.5. The normalized spacial score (nSPS) is 10.7. The maximum absolute atomic E-state index is 11.1. The first-order valence-electron chi connectivity index (χ1n) is 9.88. The van der Waals surface area contributed by atoms with E-state index in [-0.39, 0.29) is 5.78 Å². The number of hydrogen-bond acceptors (Lipinski definition) is 5. The van der Waals surface area contributed by atoms with Crippen LogP contribution in [0.25, 0.3) is 22.6 Å². The highest BCUT2D eigenvalue weighted by Gasteiger charge is 2.17. The molecule has 0 unspecified atom stereocenters. The summed E-state index contributed by atoms with van der Waals surface area (Å²) in [5, 5.41) is 0. The number of nitrogens with zero attached hydrogens (tertiary/aromatic N) is 1. The first kappa shape index (κ1) is 20.6. The van der Waals surface area contributed by atoms with Gasteiger partial charge in [0, 0.05) is 24.0 Å². The Labute approximate surface area is 171 Å². The van der Waals surface area contributed by atoms with Gasteiger partial charge in [-0.15, -0.1) is 0 Å². The van der Waals surface area contributed by atoms with Gasteiger partial charge in [0.1, 0.15) is 23.0 Å². The number of carbonyl (C=O) groups is 1. The minimum atomic E-state index is 0.240. The SMILES string of the molecule is COc1ccc(-c2nc(CCCCCC(C)=O)oc2-c2ccc(OC)cc2)cc1. The number of methoxy groups -OCH3 is 2. The van der Waals surface area contributed by atoms with Crippen LogP contribution in [0.1, 0.15) is 38.5 Å². The fourth-order valence-electron chi connectivity index (χ4n) is 3.18. The van der Waals surface area contributed by atoms with Gasteiger partial charge in [-0.25, -0.2) is 4.98 Å². The van der Waals surface area contributed by atoms with Crippen LogP contribution < -0.4 is 9.47 Å². The number of oxazole rings is 1. The smallest absolute Gasteiger partial charge is 0.195 e. The highest BCUT2D eigenvalue weighted by molar-refractivity contribution is 5.77. The van der Waals surface area contributed by atoms with Gasteiger partial charge in [-0.2, -0.15) is 0 Å². The van der Waals surface area contributed by atoms with Crippen molar-refractivity contribution in [2.45, 2.75) is 39.0 Å². The molecule has 0 bridgehead atoms. The minimum Gasteiger partial charge on any atom is -0.497 e. The number of rotatable bonds is 10. The Morgan fingerprint density at radius 2 is 1.45 bits per heavy atom. The molecule has 0 atom stereocenters. The molecule has 29 heavy (non-hydrogen) atoms. The predicted octanol–water partition coefficient (Wildman–Crippen LogP) is 5.72. The van der Waals surface area contributed by atoms with Gasteiger partial charge in [-0.05, 0) is 68.3 Å². The Morgan fingerprint density at radius 3 is 2.00 bits per heavy atom. The first-order chi connectivity index (χ1) is 14.1. The first-order valence-corrected chi connectivity index (χ1v) is 9.88. The lowest BCUT2D eigenvalue weighted by Gasteiger charge is -2.04. The Morgan fingerprint density at radius 1 is 0.862 bits per heavy atom. The number of aromatic nitrogens is 1. The van der Waals surface area contributed by atoms with E-state index in [4.69, 9.17) is 18.9 Å². The van der Waals surface area contributed by atoms with E-state index in [2.05, 4.69) is 0 Å². The van der Waals surface area contributed by atoms with Crippen LogP contribution in [0.2, 0.25) is 0 Å². The summed E-state index contributed by atoms with van der Waals surface area (Å²) in [7, 11) is 3.30. The Balaban J connectivity index is 1.84. The summed E-state index contributed by atoms with van der Waals surface area (Å²) >= 11 is 0. The summed E-state index contributed by atoms with van der Waals surface area (Å²) in [6.45, 7) is 1.64. The summed E-state index contributed by atoms with van der Waals surface area (Å²) in [5.41, 5.74) is 2.74. The lowest BCUT2D eigenvalue weighted by Crippen LogP contribution is -1.91. The molecule has 2 aromatic carbocycles. The van der Waals surface area contributed by atoms with Crippen molar-refractivity contribution in [1.82, 2.24) is 4.98 Å². The number of Topliss-reactive ketones (excluding diaryl/α,β-unsaturated/α-hetero) is 1. The topological polar surface area (TPSA) is 61.6 Å². The van der Waals surface area contributed by atoms with E-state index < -0.39 is 0 Å². The van der Waals surface area contributed by atoms with Gasteiger partial charge in [0.15, 0.2) is 11.7 Å². The van der Waals surface area contributed by atoms with Crippen LogP contribution in [0.15, 0.2) is 52.9 Å².